The van der Waals surface area contributed by atoms with Crippen molar-refractivity contribution in [1.29, 1.82) is 0 Å². The van der Waals surface area contributed by atoms with Crippen LogP contribution in [0.3, 0.4) is 0 Å². The Bertz CT molecular complexity index is 1020. The van der Waals surface area contributed by atoms with Crippen molar-refractivity contribution >= 4 is 11.6 Å². The van der Waals surface area contributed by atoms with Crippen LogP contribution in [0.25, 0.3) is 0 Å². The third-order valence-electron chi connectivity index (χ3n) is 4.18. The molecule has 0 aliphatic heterocycles. The second-order valence-corrected chi connectivity index (χ2v) is 6.37. The minimum atomic E-state index is -4.58. The number of halogens is 3. The van der Waals surface area contributed by atoms with Crippen LogP contribution in [-0.2, 0) is 6.18 Å². The Balaban J connectivity index is 1.93. The molecule has 0 aliphatic carbocycles. The van der Waals surface area contributed by atoms with Crippen molar-refractivity contribution in [3.05, 3.63) is 65.0 Å². The van der Waals surface area contributed by atoms with E-state index in [1.807, 2.05) is 6.92 Å². The Labute approximate surface area is 170 Å². The zero-order valence-electron chi connectivity index (χ0n) is 16.5. The summed E-state index contributed by atoms with van der Waals surface area (Å²) in [6.07, 6.45) is -4.58. The summed E-state index contributed by atoms with van der Waals surface area (Å²) in [5.41, 5.74) is -0.579. The molecule has 2 aromatic carbocycles. The zero-order chi connectivity index (χ0) is 21.9. The molecule has 3 aromatic rings. The van der Waals surface area contributed by atoms with Crippen LogP contribution < -0.4 is 14.8 Å². The van der Waals surface area contributed by atoms with Crippen molar-refractivity contribution in [3.63, 3.8) is 0 Å². The first-order chi connectivity index (χ1) is 14.2. The summed E-state index contributed by atoms with van der Waals surface area (Å²) >= 11 is 0. The molecule has 1 N–H and O–H groups in total. The standard InChI is InChI=1S/C21H19F3N2O4/c1-4-28-15-6-8-16(9-7-15)29-18-10-5-14(21(22,23)24)11-17(18)25-20(27)19-12(2)26-30-13(19)3/h5-11H,4H2,1-3H3,(H,25,27). The largest absolute Gasteiger partial charge is 0.494 e. The van der Waals surface area contributed by atoms with Gasteiger partial charge in [0, 0.05) is 0 Å². The van der Waals surface area contributed by atoms with Gasteiger partial charge in [0.2, 0.25) is 0 Å². The van der Waals surface area contributed by atoms with Crippen LogP contribution in [0.15, 0.2) is 47.0 Å². The van der Waals surface area contributed by atoms with Gasteiger partial charge in [-0.3, -0.25) is 4.79 Å². The molecule has 0 saturated heterocycles. The summed E-state index contributed by atoms with van der Waals surface area (Å²) < 4.78 is 55.6. The molecule has 1 aromatic heterocycles. The molecule has 1 heterocycles. The predicted octanol–water partition coefficient (Wildman–Crippen LogP) is 5.75. The van der Waals surface area contributed by atoms with Gasteiger partial charge in [0.1, 0.15) is 22.8 Å². The molecule has 0 aliphatic rings. The second-order valence-electron chi connectivity index (χ2n) is 6.37. The number of aromatic nitrogens is 1. The van der Waals surface area contributed by atoms with E-state index in [1.165, 1.54) is 0 Å². The highest BCUT2D eigenvalue weighted by Gasteiger charge is 2.32. The second kappa shape index (κ2) is 8.48. The summed E-state index contributed by atoms with van der Waals surface area (Å²) in [5.74, 6) is 0.649. The van der Waals surface area contributed by atoms with Crippen molar-refractivity contribution in [1.82, 2.24) is 5.16 Å². The van der Waals surface area contributed by atoms with Crippen LogP contribution in [0, 0.1) is 13.8 Å². The minimum absolute atomic E-state index is 0.0484. The van der Waals surface area contributed by atoms with Gasteiger partial charge >= 0.3 is 6.18 Å². The van der Waals surface area contributed by atoms with Gasteiger partial charge in [-0.2, -0.15) is 13.2 Å². The molecule has 0 spiro atoms. The lowest BCUT2D eigenvalue weighted by molar-refractivity contribution is -0.137. The van der Waals surface area contributed by atoms with E-state index in [2.05, 4.69) is 10.5 Å². The van der Waals surface area contributed by atoms with Gasteiger partial charge in [0.15, 0.2) is 5.75 Å². The first-order valence-corrected chi connectivity index (χ1v) is 9.05. The van der Waals surface area contributed by atoms with Crippen LogP contribution in [-0.4, -0.2) is 17.7 Å². The SMILES string of the molecule is CCOc1ccc(Oc2ccc(C(F)(F)F)cc2NC(=O)c2c(C)noc2C)cc1. The number of carbonyl (C=O) groups is 1. The molecule has 158 valence electrons. The third kappa shape index (κ3) is 4.73. The minimum Gasteiger partial charge on any atom is -0.494 e. The smallest absolute Gasteiger partial charge is 0.416 e. The lowest BCUT2D eigenvalue weighted by atomic mass is 10.1. The normalized spacial score (nSPS) is 11.3. The van der Waals surface area contributed by atoms with E-state index in [-0.39, 0.29) is 22.8 Å². The number of nitrogens with one attached hydrogen (secondary N) is 1. The topological polar surface area (TPSA) is 73.6 Å². The fourth-order valence-corrected chi connectivity index (χ4v) is 2.78. The van der Waals surface area contributed by atoms with Crippen molar-refractivity contribution in [3.8, 4) is 17.2 Å². The molecule has 9 heteroatoms. The molecule has 0 unspecified atom stereocenters. The number of aryl methyl sites for hydroxylation is 2. The number of rotatable bonds is 6. The van der Waals surface area contributed by atoms with E-state index in [0.717, 1.165) is 18.2 Å². The van der Waals surface area contributed by atoms with Crippen LogP contribution in [0.5, 0.6) is 17.2 Å². The Hall–Kier alpha value is -3.49. The van der Waals surface area contributed by atoms with Gasteiger partial charge in [-0.25, -0.2) is 0 Å². The molecule has 0 fully saturated rings. The van der Waals surface area contributed by atoms with E-state index < -0.39 is 17.6 Å². The monoisotopic (exact) mass is 420 g/mol. The lowest BCUT2D eigenvalue weighted by Gasteiger charge is -2.15. The average Bonchev–Trinajstić information content (AvgIpc) is 3.02. The Morgan fingerprint density at radius 1 is 1.10 bits per heavy atom. The van der Waals surface area contributed by atoms with Crippen LogP contribution in [0.4, 0.5) is 18.9 Å². The molecule has 6 nitrogen and oxygen atoms in total. The van der Waals surface area contributed by atoms with Crippen molar-refractivity contribution in [2.75, 3.05) is 11.9 Å². The molecule has 1 amide bonds. The summed E-state index contributed by atoms with van der Waals surface area (Å²) in [5, 5.41) is 6.16. The van der Waals surface area contributed by atoms with E-state index in [0.29, 0.717) is 23.8 Å². The average molecular weight is 420 g/mol. The van der Waals surface area contributed by atoms with Gasteiger partial charge < -0.3 is 19.3 Å². The van der Waals surface area contributed by atoms with Crippen LogP contribution in [0.1, 0.15) is 34.3 Å². The van der Waals surface area contributed by atoms with Crippen molar-refractivity contribution in [2.24, 2.45) is 0 Å². The number of hydrogen-bond acceptors (Lipinski definition) is 5. The maximum absolute atomic E-state index is 13.2. The molecule has 0 radical (unpaired) electrons. The number of amides is 1. The fourth-order valence-electron chi connectivity index (χ4n) is 2.78. The lowest BCUT2D eigenvalue weighted by Crippen LogP contribution is -2.15. The first-order valence-electron chi connectivity index (χ1n) is 9.05. The Morgan fingerprint density at radius 2 is 1.77 bits per heavy atom. The van der Waals surface area contributed by atoms with Gasteiger partial charge in [-0.1, -0.05) is 5.16 Å². The third-order valence-corrected chi connectivity index (χ3v) is 4.18. The summed E-state index contributed by atoms with van der Waals surface area (Å²) in [4.78, 5) is 12.6. The number of anilines is 1. The molecule has 30 heavy (non-hydrogen) atoms. The number of ether oxygens (including phenoxy) is 2. The van der Waals surface area contributed by atoms with Gasteiger partial charge in [-0.05, 0) is 63.2 Å². The quantitative estimate of drug-likeness (QED) is 0.549. The van der Waals surface area contributed by atoms with Gasteiger partial charge in [0.25, 0.3) is 5.91 Å². The van der Waals surface area contributed by atoms with Crippen LogP contribution in [0.2, 0.25) is 0 Å². The highest BCUT2D eigenvalue weighted by molar-refractivity contribution is 6.06. The Kier molecular flexibility index (Phi) is 6.00. The Morgan fingerprint density at radius 3 is 2.33 bits per heavy atom. The summed E-state index contributed by atoms with van der Waals surface area (Å²) in [7, 11) is 0. The fraction of sp³-hybridized carbons (Fsp3) is 0.238. The van der Waals surface area contributed by atoms with Crippen molar-refractivity contribution < 1.29 is 32.0 Å². The predicted molar refractivity (Wildman–Crippen MR) is 103 cm³/mol. The van der Waals surface area contributed by atoms with Gasteiger partial charge in [0.05, 0.1) is 23.6 Å². The van der Waals surface area contributed by atoms with Crippen LogP contribution >= 0.6 is 0 Å². The van der Waals surface area contributed by atoms with E-state index in [1.54, 1.807) is 38.1 Å². The maximum atomic E-state index is 13.2. The maximum Gasteiger partial charge on any atom is 0.416 e. The van der Waals surface area contributed by atoms with E-state index in [4.69, 9.17) is 14.0 Å². The number of benzene rings is 2. The van der Waals surface area contributed by atoms with Gasteiger partial charge in [-0.15, -0.1) is 0 Å². The highest BCUT2D eigenvalue weighted by atomic mass is 19.4. The molecule has 0 saturated carbocycles. The number of hydrogen-bond donors (Lipinski definition) is 1. The van der Waals surface area contributed by atoms with E-state index >= 15 is 0 Å². The summed E-state index contributed by atoms with van der Waals surface area (Å²) in [6, 6.07) is 9.43. The van der Waals surface area contributed by atoms with Crippen molar-refractivity contribution in [2.45, 2.75) is 26.9 Å². The molecular formula is C21H19F3N2O4. The number of alkyl halides is 3. The number of nitrogens with zero attached hydrogens (tertiary/aromatic N) is 1. The zero-order valence-corrected chi connectivity index (χ0v) is 16.5. The first kappa shape index (κ1) is 21.2. The highest BCUT2D eigenvalue weighted by Crippen LogP contribution is 2.37. The molecular weight excluding hydrogens is 401 g/mol. The summed E-state index contributed by atoms with van der Waals surface area (Å²) in [6.45, 7) is 5.45. The molecule has 3 rings (SSSR count). The molecule has 0 bridgehead atoms. The van der Waals surface area contributed by atoms with E-state index in [9.17, 15) is 18.0 Å². The number of carbonyl (C=O) groups excluding carboxylic acids is 1. The molecule has 0 atom stereocenters.